The Labute approximate surface area is 147 Å². The molecule has 0 radical (unpaired) electrons. The number of hydrogen-bond acceptors (Lipinski definition) is 3. The summed E-state index contributed by atoms with van der Waals surface area (Å²) in [4.78, 5) is 15.2. The summed E-state index contributed by atoms with van der Waals surface area (Å²) in [6.45, 7) is 0. The lowest BCUT2D eigenvalue weighted by atomic mass is 10.1. The van der Waals surface area contributed by atoms with Gasteiger partial charge in [0, 0.05) is 34.1 Å². The average molecular weight is 352 g/mol. The Morgan fingerprint density at radius 2 is 1.96 bits per heavy atom. The average Bonchev–Trinajstić information content (AvgIpc) is 3.19. The molecule has 2 heterocycles. The van der Waals surface area contributed by atoms with Gasteiger partial charge in [-0.05, 0) is 23.8 Å². The van der Waals surface area contributed by atoms with E-state index in [0.717, 1.165) is 22.0 Å². The van der Waals surface area contributed by atoms with Crippen molar-refractivity contribution < 1.29 is 0 Å². The summed E-state index contributed by atoms with van der Waals surface area (Å²) in [6.07, 6.45) is 3.99. The molecular weight excluding hydrogens is 338 g/mol. The molecular formula is C18H14ClN5O. The van der Waals surface area contributed by atoms with Crippen LogP contribution in [0.4, 0.5) is 0 Å². The van der Waals surface area contributed by atoms with Crippen molar-refractivity contribution in [3.05, 3.63) is 87.2 Å². The van der Waals surface area contributed by atoms with Crippen molar-refractivity contribution in [3.8, 4) is 0 Å². The van der Waals surface area contributed by atoms with Crippen LogP contribution in [0.5, 0.6) is 0 Å². The molecule has 0 fully saturated rings. The van der Waals surface area contributed by atoms with Crippen molar-refractivity contribution >= 4 is 28.7 Å². The number of hydrogen-bond donors (Lipinski definition) is 2. The van der Waals surface area contributed by atoms with Crippen molar-refractivity contribution in [1.29, 1.82) is 0 Å². The maximum Gasteiger partial charge on any atom is 0.364 e. The molecule has 0 aliphatic heterocycles. The molecule has 0 amide bonds. The van der Waals surface area contributed by atoms with Gasteiger partial charge in [-0.25, -0.2) is 9.89 Å². The van der Waals surface area contributed by atoms with Crippen LogP contribution in [0.1, 0.15) is 17.0 Å². The van der Waals surface area contributed by atoms with Crippen molar-refractivity contribution in [2.75, 3.05) is 0 Å². The number of nitrogens with one attached hydrogen (secondary N) is 2. The third-order valence-corrected chi connectivity index (χ3v) is 4.18. The zero-order chi connectivity index (χ0) is 17.2. The highest BCUT2D eigenvalue weighted by molar-refractivity contribution is 6.30. The van der Waals surface area contributed by atoms with Gasteiger partial charge in [0.05, 0.1) is 6.21 Å². The molecule has 0 saturated heterocycles. The van der Waals surface area contributed by atoms with E-state index in [0.29, 0.717) is 17.3 Å². The quantitative estimate of drug-likeness (QED) is 0.554. The second kappa shape index (κ2) is 6.41. The first kappa shape index (κ1) is 15.4. The molecule has 2 aromatic heterocycles. The van der Waals surface area contributed by atoms with E-state index in [-0.39, 0.29) is 5.69 Å². The molecule has 4 rings (SSSR count). The van der Waals surface area contributed by atoms with Crippen LogP contribution >= 0.6 is 11.6 Å². The van der Waals surface area contributed by atoms with E-state index in [9.17, 15) is 4.79 Å². The van der Waals surface area contributed by atoms with Crippen LogP contribution in [0.15, 0.2) is 64.6 Å². The van der Waals surface area contributed by atoms with Gasteiger partial charge in [0.15, 0.2) is 5.82 Å². The first-order valence-corrected chi connectivity index (χ1v) is 8.10. The highest BCUT2D eigenvalue weighted by atomic mass is 35.5. The predicted molar refractivity (Wildman–Crippen MR) is 98.4 cm³/mol. The Kier molecular flexibility index (Phi) is 3.95. The van der Waals surface area contributed by atoms with Crippen molar-refractivity contribution in [2.24, 2.45) is 5.10 Å². The van der Waals surface area contributed by atoms with Gasteiger partial charge in [0.25, 0.3) is 0 Å². The third-order valence-electron chi connectivity index (χ3n) is 3.93. The summed E-state index contributed by atoms with van der Waals surface area (Å²) in [5, 5.41) is 12.5. The zero-order valence-corrected chi connectivity index (χ0v) is 13.9. The Balaban J connectivity index is 1.65. The summed E-state index contributed by atoms with van der Waals surface area (Å²) in [5.74, 6) is 0.531. The number of aromatic nitrogens is 4. The van der Waals surface area contributed by atoms with Gasteiger partial charge in [0.1, 0.15) is 0 Å². The predicted octanol–water partition coefficient (Wildman–Crippen LogP) is 3.18. The van der Waals surface area contributed by atoms with Crippen LogP contribution in [0, 0.1) is 0 Å². The third kappa shape index (κ3) is 3.12. The van der Waals surface area contributed by atoms with Gasteiger partial charge >= 0.3 is 5.69 Å². The Hall–Kier alpha value is -3.12. The fourth-order valence-corrected chi connectivity index (χ4v) is 2.79. The number of halogens is 1. The normalized spacial score (nSPS) is 11.6. The number of benzene rings is 2. The van der Waals surface area contributed by atoms with Crippen molar-refractivity contribution in [2.45, 2.75) is 6.42 Å². The molecule has 0 saturated carbocycles. The number of para-hydroxylation sites is 1. The topological polar surface area (TPSA) is 78.8 Å². The van der Waals surface area contributed by atoms with Gasteiger partial charge in [-0.1, -0.05) is 41.9 Å². The summed E-state index contributed by atoms with van der Waals surface area (Å²) >= 11 is 5.90. The van der Waals surface area contributed by atoms with E-state index in [1.807, 2.05) is 42.6 Å². The highest BCUT2D eigenvalue weighted by Crippen LogP contribution is 2.16. The minimum Gasteiger partial charge on any atom is -0.361 e. The maximum atomic E-state index is 12.0. The van der Waals surface area contributed by atoms with Gasteiger partial charge in [-0.15, -0.1) is 0 Å². The van der Waals surface area contributed by atoms with Gasteiger partial charge in [-0.3, -0.25) is 0 Å². The molecule has 0 atom stereocenters. The number of H-pyrrole nitrogens is 2. The molecule has 25 heavy (non-hydrogen) atoms. The van der Waals surface area contributed by atoms with Crippen LogP contribution < -0.4 is 5.69 Å². The van der Waals surface area contributed by atoms with Crippen LogP contribution in [0.2, 0.25) is 5.02 Å². The van der Waals surface area contributed by atoms with E-state index in [2.05, 4.69) is 20.3 Å². The molecule has 2 aromatic carbocycles. The lowest BCUT2D eigenvalue weighted by Gasteiger charge is -2.01. The second-order valence-electron chi connectivity index (χ2n) is 5.59. The minimum atomic E-state index is -0.375. The number of nitrogens with zero attached hydrogens (tertiary/aromatic N) is 3. The van der Waals surface area contributed by atoms with E-state index < -0.39 is 0 Å². The smallest absolute Gasteiger partial charge is 0.361 e. The lowest BCUT2D eigenvalue weighted by molar-refractivity contribution is 0.776. The summed E-state index contributed by atoms with van der Waals surface area (Å²) < 4.78 is 1.27. The standard InChI is InChI=1S/C18H14ClN5O/c19-14-7-5-12(6-8-14)9-17-22-23-18(25)24(17)21-11-13-10-20-16-4-2-1-3-15(13)16/h1-8,10-11,20H,9H2,(H,23,25). The molecule has 6 nitrogen and oxygen atoms in total. The minimum absolute atomic E-state index is 0.375. The summed E-state index contributed by atoms with van der Waals surface area (Å²) in [5.41, 5.74) is 2.54. The molecule has 0 aliphatic carbocycles. The molecule has 0 spiro atoms. The van der Waals surface area contributed by atoms with E-state index in [4.69, 9.17) is 11.6 Å². The Bertz CT molecular complexity index is 1100. The number of rotatable bonds is 4. The number of fused-ring (bicyclic) bond motifs is 1. The van der Waals surface area contributed by atoms with E-state index in [1.54, 1.807) is 18.3 Å². The van der Waals surface area contributed by atoms with Crippen LogP contribution in [-0.4, -0.2) is 26.1 Å². The molecule has 0 aliphatic rings. The monoisotopic (exact) mass is 351 g/mol. The van der Waals surface area contributed by atoms with Crippen LogP contribution in [0.3, 0.4) is 0 Å². The lowest BCUT2D eigenvalue weighted by Crippen LogP contribution is -2.15. The zero-order valence-electron chi connectivity index (χ0n) is 13.1. The Morgan fingerprint density at radius 3 is 2.80 bits per heavy atom. The Morgan fingerprint density at radius 1 is 1.16 bits per heavy atom. The van der Waals surface area contributed by atoms with Crippen molar-refractivity contribution in [1.82, 2.24) is 19.9 Å². The largest absolute Gasteiger partial charge is 0.364 e. The molecule has 7 heteroatoms. The van der Waals surface area contributed by atoms with E-state index in [1.165, 1.54) is 4.68 Å². The first-order valence-electron chi connectivity index (χ1n) is 7.72. The molecule has 0 unspecified atom stereocenters. The molecule has 124 valence electrons. The van der Waals surface area contributed by atoms with Gasteiger partial charge in [-0.2, -0.15) is 14.9 Å². The highest BCUT2D eigenvalue weighted by Gasteiger charge is 2.08. The summed E-state index contributed by atoms with van der Waals surface area (Å²) in [7, 11) is 0. The molecule has 4 aromatic rings. The molecule has 2 N–H and O–H groups in total. The summed E-state index contributed by atoms with van der Waals surface area (Å²) in [6, 6.07) is 15.3. The first-order chi connectivity index (χ1) is 12.2. The number of aromatic amines is 2. The van der Waals surface area contributed by atoms with E-state index >= 15 is 0 Å². The van der Waals surface area contributed by atoms with Crippen LogP contribution in [0.25, 0.3) is 10.9 Å². The van der Waals surface area contributed by atoms with Crippen LogP contribution in [-0.2, 0) is 6.42 Å². The fourth-order valence-electron chi connectivity index (χ4n) is 2.66. The SMILES string of the molecule is O=c1[nH]nc(Cc2ccc(Cl)cc2)n1N=Cc1c[nH]c2ccccc12. The van der Waals surface area contributed by atoms with Gasteiger partial charge < -0.3 is 4.98 Å². The van der Waals surface area contributed by atoms with Gasteiger partial charge in [0.2, 0.25) is 0 Å². The second-order valence-corrected chi connectivity index (χ2v) is 6.03. The molecule has 0 bridgehead atoms. The maximum absolute atomic E-state index is 12.0. The fraction of sp³-hybridized carbons (Fsp3) is 0.0556. The van der Waals surface area contributed by atoms with Crippen molar-refractivity contribution in [3.63, 3.8) is 0 Å².